The Hall–Kier alpha value is -2.03. The second-order valence-corrected chi connectivity index (χ2v) is 6.62. The van der Waals surface area contributed by atoms with Crippen LogP contribution in [0.4, 0.5) is 5.95 Å². The average Bonchev–Trinajstić information content (AvgIpc) is 2.49. The molecule has 1 heterocycles. The number of benzene rings is 1. The third kappa shape index (κ3) is 3.35. The van der Waals surface area contributed by atoms with Gasteiger partial charge in [-0.3, -0.25) is 5.43 Å². The molecule has 112 valence electrons. The first kappa shape index (κ1) is 15.4. The van der Waals surface area contributed by atoms with Gasteiger partial charge in [-0.05, 0) is 18.1 Å². The topological polar surface area (TPSA) is 101 Å². The van der Waals surface area contributed by atoms with Crippen molar-refractivity contribution in [2.24, 2.45) is 5.84 Å². The number of nitrogens with one attached hydrogen (secondary N) is 1. The molecule has 1 aromatic carbocycles. The summed E-state index contributed by atoms with van der Waals surface area (Å²) in [6, 6.07) is 7.65. The molecule has 0 saturated heterocycles. The van der Waals surface area contributed by atoms with Crippen molar-refractivity contribution in [2.45, 2.75) is 18.4 Å². The maximum absolute atomic E-state index is 12.4. The van der Waals surface area contributed by atoms with Crippen LogP contribution in [0.5, 0.6) is 0 Å². The Labute approximate surface area is 123 Å². The number of hydrogen-bond acceptors (Lipinski definition) is 6. The van der Waals surface area contributed by atoms with Gasteiger partial charge < -0.3 is 0 Å². The fraction of sp³-hybridized carbons (Fsp3) is 0.231. The quantitative estimate of drug-likeness (QED) is 0.628. The van der Waals surface area contributed by atoms with Crippen LogP contribution in [0.15, 0.2) is 41.6 Å². The molecular formula is C13H17N5O2S. The number of nitrogen functional groups attached to an aromatic ring is 1. The van der Waals surface area contributed by atoms with Gasteiger partial charge in [0.1, 0.15) is 4.90 Å². The molecule has 0 bridgehead atoms. The lowest BCUT2D eigenvalue weighted by Crippen LogP contribution is -2.27. The Bertz CT molecular complexity index is 716. The number of nitrogens with zero attached hydrogens (tertiary/aromatic N) is 3. The van der Waals surface area contributed by atoms with E-state index in [-0.39, 0.29) is 17.4 Å². The molecule has 2 aromatic rings. The minimum Gasteiger partial charge on any atom is -0.292 e. The zero-order valence-corrected chi connectivity index (χ0v) is 12.6. The fourth-order valence-corrected chi connectivity index (χ4v) is 2.86. The summed E-state index contributed by atoms with van der Waals surface area (Å²) in [5.74, 6) is 5.32. The predicted molar refractivity (Wildman–Crippen MR) is 79.7 cm³/mol. The fourth-order valence-electron chi connectivity index (χ4n) is 1.82. The summed E-state index contributed by atoms with van der Waals surface area (Å²) >= 11 is 0. The number of nitrogens with two attached hydrogens (primary N) is 1. The van der Waals surface area contributed by atoms with Crippen LogP contribution in [0.25, 0.3) is 0 Å². The van der Waals surface area contributed by atoms with Gasteiger partial charge in [0.2, 0.25) is 16.0 Å². The van der Waals surface area contributed by atoms with E-state index < -0.39 is 10.0 Å². The van der Waals surface area contributed by atoms with E-state index in [0.29, 0.717) is 0 Å². The predicted octanol–water partition coefficient (Wildman–Crippen LogP) is 0.891. The molecule has 0 amide bonds. The van der Waals surface area contributed by atoms with E-state index in [2.05, 4.69) is 15.4 Å². The third-order valence-corrected chi connectivity index (χ3v) is 4.88. The molecular weight excluding hydrogens is 290 g/mol. The third-order valence-electron chi connectivity index (χ3n) is 3.12. The van der Waals surface area contributed by atoms with Crippen molar-refractivity contribution in [3.63, 3.8) is 0 Å². The number of rotatable bonds is 5. The highest BCUT2D eigenvalue weighted by Crippen LogP contribution is 2.17. The second kappa shape index (κ2) is 6.17. The molecule has 3 N–H and O–H groups in total. The van der Waals surface area contributed by atoms with Crippen LogP contribution < -0.4 is 11.3 Å². The van der Waals surface area contributed by atoms with Crippen molar-refractivity contribution in [1.29, 1.82) is 0 Å². The lowest BCUT2D eigenvalue weighted by molar-refractivity contribution is 0.465. The monoisotopic (exact) mass is 307 g/mol. The molecule has 0 fully saturated rings. The summed E-state index contributed by atoms with van der Waals surface area (Å²) in [6.07, 6.45) is 2.46. The molecule has 0 aliphatic carbocycles. The molecule has 0 spiro atoms. The Kier molecular flexibility index (Phi) is 4.51. The molecule has 0 atom stereocenters. The zero-order chi connectivity index (χ0) is 15.5. The Balaban J connectivity index is 2.24. The van der Waals surface area contributed by atoms with Gasteiger partial charge >= 0.3 is 0 Å². The average molecular weight is 307 g/mol. The highest BCUT2D eigenvalue weighted by molar-refractivity contribution is 7.89. The van der Waals surface area contributed by atoms with Gasteiger partial charge in [0, 0.05) is 13.6 Å². The van der Waals surface area contributed by atoms with Crippen LogP contribution in [0.3, 0.4) is 0 Å². The van der Waals surface area contributed by atoms with Gasteiger partial charge in [0.15, 0.2) is 0 Å². The SMILES string of the molecule is Cc1ccccc1CN(C)S(=O)(=O)c1cnc(NN)nc1. The minimum absolute atomic E-state index is 0.0255. The highest BCUT2D eigenvalue weighted by Gasteiger charge is 2.22. The zero-order valence-electron chi connectivity index (χ0n) is 11.8. The van der Waals surface area contributed by atoms with Gasteiger partial charge in [0.05, 0.1) is 12.4 Å². The van der Waals surface area contributed by atoms with Crippen LogP contribution >= 0.6 is 0 Å². The van der Waals surface area contributed by atoms with Crippen LogP contribution in [-0.4, -0.2) is 29.7 Å². The maximum Gasteiger partial charge on any atom is 0.246 e. The molecule has 0 aliphatic rings. The lowest BCUT2D eigenvalue weighted by Gasteiger charge is -2.18. The lowest BCUT2D eigenvalue weighted by atomic mass is 10.1. The van der Waals surface area contributed by atoms with E-state index in [9.17, 15) is 8.42 Å². The van der Waals surface area contributed by atoms with E-state index in [4.69, 9.17) is 5.84 Å². The number of hydrogen-bond donors (Lipinski definition) is 2. The highest BCUT2D eigenvalue weighted by atomic mass is 32.2. The van der Waals surface area contributed by atoms with Crippen molar-refractivity contribution < 1.29 is 8.42 Å². The number of aromatic nitrogens is 2. The Morgan fingerprint density at radius 2 is 1.86 bits per heavy atom. The minimum atomic E-state index is -3.64. The molecule has 0 aliphatic heterocycles. The first-order valence-electron chi connectivity index (χ1n) is 6.24. The van der Waals surface area contributed by atoms with E-state index in [1.807, 2.05) is 31.2 Å². The van der Waals surface area contributed by atoms with E-state index in [1.165, 1.54) is 23.7 Å². The van der Waals surface area contributed by atoms with Gasteiger partial charge in [-0.1, -0.05) is 24.3 Å². The first-order valence-corrected chi connectivity index (χ1v) is 7.68. The number of anilines is 1. The Morgan fingerprint density at radius 3 is 2.43 bits per heavy atom. The molecule has 1 aromatic heterocycles. The summed E-state index contributed by atoms with van der Waals surface area (Å²) in [5.41, 5.74) is 4.24. The first-order chi connectivity index (χ1) is 9.95. The molecule has 0 unspecified atom stereocenters. The Morgan fingerprint density at radius 1 is 1.24 bits per heavy atom. The van der Waals surface area contributed by atoms with Gasteiger partial charge in [-0.2, -0.15) is 4.31 Å². The largest absolute Gasteiger partial charge is 0.292 e. The standard InChI is InChI=1S/C13H17N5O2S/c1-10-5-3-4-6-11(10)9-18(2)21(19,20)12-7-15-13(17-14)16-8-12/h3-8H,9,14H2,1-2H3,(H,15,16,17). The van der Waals surface area contributed by atoms with Crippen LogP contribution in [0.2, 0.25) is 0 Å². The molecule has 0 radical (unpaired) electrons. The van der Waals surface area contributed by atoms with Crippen molar-refractivity contribution >= 4 is 16.0 Å². The van der Waals surface area contributed by atoms with Crippen LogP contribution in [0.1, 0.15) is 11.1 Å². The second-order valence-electron chi connectivity index (χ2n) is 4.57. The van der Waals surface area contributed by atoms with Crippen LogP contribution in [-0.2, 0) is 16.6 Å². The van der Waals surface area contributed by atoms with Crippen molar-refractivity contribution in [2.75, 3.05) is 12.5 Å². The van der Waals surface area contributed by atoms with E-state index in [0.717, 1.165) is 11.1 Å². The summed E-state index contributed by atoms with van der Waals surface area (Å²) in [7, 11) is -2.11. The summed E-state index contributed by atoms with van der Waals surface area (Å²) in [6.45, 7) is 2.23. The molecule has 21 heavy (non-hydrogen) atoms. The molecule has 0 saturated carbocycles. The normalized spacial score (nSPS) is 11.6. The van der Waals surface area contributed by atoms with Crippen LogP contribution in [0, 0.1) is 6.92 Å². The summed E-state index contributed by atoms with van der Waals surface area (Å²) in [4.78, 5) is 7.66. The van der Waals surface area contributed by atoms with Gasteiger partial charge in [0.25, 0.3) is 0 Å². The number of aryl methyl sites for hydroxylation is 1. The van der Waals surface area contributed by atoms with Crippen molar-refractivity contribution in [3.8, 4) is 0 Å². The summed E-state index contributed by atoms with van der Waals surface area (Å²) in [5, 5.41) is 0. The van der Waals surface area contributed by atoms with Gasteiger partial charge in [-0.25, -0.2) is 24.2 Å². The van der Waals surface area contributed by atoms with E-state index in [1.54, 1.807) is 0 Å². The maximum atomic E-state index is 12.4. The summed E-state index contributed by atoms with van der Waals surface area (Å²) < 4.78 is 26.2. The molecule has 2 rings (SSSR count). The number of sulfonamides is 1. The smallest absolute Gasteiger partial charge is 0.246 e. The molecule has 7 nitrogen and oxygen atoms in total. The van der Waals surface area contributed by atoms with Gasteiger partial charge in [-0.15, -0.1) is 0 Å². The number of hydrazine groups is 1. The van der Waals surface area contributed by atoms with E-state index >= 15 is 0 Å². The molecule has 8 heteroatoms. The van der Waals surface area contributed by atoms with Crippen molar-refractivity contribution in [3.05, 3.63) is 47.8 Å². The van der Waals surface area contributed by atoms with Crippen molar-refractivity contribution in [1.82, 2.24) is 14.3 Å².